The van der Waals surface area contributed by atoms with Gasteiger partial charge in [-0.25, -0.2) is 0 Å². The lowest BCUT2D eigenvalue weighted by molar-refractivity contribution is -0.0372. The zero-order chi connectivity index (χ0) is 20.6. The van der Waals surface area contributed by atoms with Crippen LogP contribution in [0.1, 0.15) is 86.6 Å². The Morgan fingerprint density at radius 2 is 1.11 bits per heavy atom. The third-order valence-electron chi connectivity index (χ3n) is 2.50. The molecule has 2 aliphatic heterocycles. The van der Waals surface area contributed by atoms with Crippen molar-refractivity contribution in [2.24, 2.45) is 0 Å². The van der Waals surface area contributed by atoms with Crippen molar-refractivity contribution in [3.63, 3.8) is 0 Å². The zero-order valence-electron chi connectivity index (χ0n) is 18.7. The van der Waals surface area contributed by atoms with Crippen LogP contribution in [0.4, 0.5) is 0 Å². The summed E-state index contributed by atoms with van der Waals surface area (Å²) in [6, 6.07) is 0. The van der Waals surface area contributed by atoms with Crippen molar-refractivity contribution >= 4 is 0 Å². The molecule has 2 rings (SSSR count). The molecule has 8 nitrogen and oxygen atoms in total. The molecule has 2 heterocycles. The van der Waals surface area contributed by atoms with E-state index < -0.39 is 0 Å². The first-order chi connectivity index (χ1) is 12.4. The Morgan fingerprint density at radius 3 is 1.34 bits per heavy atom. The molecular formula is C27H79N3O5. The fraction of sp³-hybridized carbons (Fsp3) is 0.926. The molecule has 2 fully saturated rings. The van der Waals surface area contributed by atoms with Crippen molar-refractivity contribution in [2.75, 3.05) is 80.5 Å². The van der Waals surface area contributed by atoms with Crippen LogP contribution in [0.3, 0.4) is 0 Å². The molecule has 0 aromatic rings. The normalized spacial score (nSPS) is 11.9. The van der Waals surface area contributed by atoms with E-state index in [1.165, 1.54) is 6.42 Å². The molecule has 0 amide bonds. The monoisotopic (exact) mass is 526 g/mol. The molecule has 35 heavy (non-hydrogen) atoms. The SMILES string of the molecule is C.C.C.C.C.C.C.C.C1CO1.C=C.CC1CO1.CCCN(C)CCOCCOCC.CN(C)O.N. The van der Waals surface area contributed by atoms with Crippen LogP contribution in [-0.4, -0.2) is 102 Å². The van der Waals surface area contributed by atoms with Gasteiger partial charge in [0.2, 0.25) is 0 Å². The van der Waals surface area contributed by atoms with Gasteiger partial charge in [-0.2, -0.15) is 5.06 Å². The van der Waals surface area contributed by atoms with E-state index in [0.717, 1.165) is 51.2 Å². The summed E-state index contributed by atoms with van der Waals surface area (Å²) >= 11 is 0. The maximum absolute atomic E-state index is 7.89. The average molecular weight is 526 g/mol. The largest absolute Gasteiger partial charge is 0.379 e. The Hall–Kier alpha value is -0.580. The average Bonchev–Trinajstić information content (AvgIpc) is 3.48. The zero-order valence-corrected chi connectivity index (χ0v) is 18.7. The molecule has 1 atom stereocenters. The molecule has 0 radical (unpaired) electrons. The first-order valence-corrected chi connectivity index (χ1v) is 9.33. The maximum atomic E-state index is 7.89. The van der Waals surface area contributed by atoms with Gasteiger partial charge in [0.1, 0.15) is 0 Å². The quantitative estimate of drug-likeness (QED) is 0.136. The van der Waals surface area contributed by atoms with Crippen molar-refractivity contribution in [3.05, 3.63) is 13.2 Å². The number of rotatable bonds is 9. The molecule has 8 heteroatoms. The third kappa shape index (κ3) is 159. The minimum absolute atomic E-state index is 0. The van der Waals surface area contributed by atoms with Crippen molar-refractivity contribution in [2.45, 2.75) is 92.7 Å². The lowest BCUT2D eigenvalue weighted by atomic mass is 10.4. The van der Waals surface area contributed by atoms with Gasteiger partial charge in [0.25, 0.3) is 0 Å². The van der Waals surface area contributed by atoms with E-state index in [9.17, 15) is 0 Å². The highest BCUT2D eigenvalue weighted by atomic mass is 16.6. The van der Waals surface area contributed by atoms with Crippen LogP contribution >= 0.6 is 0 Å². The summed E-state index contributed by atoms with van der Waals surface area (Å²) < 4.78 is 19.7. The predicted molar refractivity (Wildman–Crippen MR) is 167 cm³/mol. The van der Waals surface area contributed by atoms with E-state index in [1.807, 2.05) is 6.92 Å². The van der Waals surface area contributed by atoms with Gasteiger partial charge in [0.05, 0.1) is 45.7 Å². The Morgan fingerprint density at radius 1 is 0.800 bits per heavy atom. The fourth-order valence-corrected chi connectivity index (χ4v) is 1.17. The van der Waals surface area contributed by atoms with Gasteiger partial charge in [0, 0.05) is 27.2 Å². The van der Waals surface area contributed by atoms with Crippen LogP contribution in [0.2, 0.25) is 0 Å². The second kappa shape index (κ2) is 69.9. The summed E-state index contributed by atoms with van der Waals surface area (Å²) in [5, 5.41) is 8.89. The van der Waals surface area contributed by atoms with Crippen molar-refractivity contribution in [3.8, 4) is 0 Å². The van der Waals surface area contributed by atoms with Crippen molar-refractivity contribution in [1.82, 2.24) is 16.1 Å². The fourth-order valence-electron chi connectivity index (χ4n) is 1.17. The molecular weight excluding hydrogens is 446 g/mol. The van der Waals surface area contributed by atoms with Crippen LogP contribution in [0.25, 0.3) is 0 Å². The molecule has 2 aliphatic rings. The summed E-state index contributed by atoms with van der Waals surface area (Å²) in [5.74, 6) is 0. The van der Waals surface area contributed by atoms with Crippen LogP contribution in [-0.2, 0) is 18.9 Å². The van der Waals surface area contributed by atoms with Gasteiger partial charge in [-0.3, -0.25) is 0 Å². The van der Waals surface area contributed by atoms with Crippen LogP contribution in [0.15, 0.2) is 13.2 Å². The number of likely N-dealkylation sites (N-methyl/N-ethyl adjacent to an activating group) is 1. The van der Waals surface area contributed by atoms with Gasteiger partial charge in [-0.15, -0.1) is 13.2 Å². The molecule has 232 valence electrons. The Bertz CT molecular complexity index is 241. The van der Waals surface area contributed by atoms with E-state index in [1.54, 1.807) is 14.1 Å². The molecule has 0 aromatic carbocycles. The molecule has 1 unspecified atom stereocenters. The van der Waals surface area contributed by atoms with E-state index >= 15 is 0 Å². The van der Waals surface area contributed by atoms with Crippen LogP contribution in [0.5, 0.6) is 0 Å². The summed E-state index contributed by atoms with van der Waals surface area (Å²) in [6.07, 6.45) is 1.79. The second-order valence-corrected chi connectivity index (χ2v) is 5.72. The van der Waals surface area contributed by atoms with E-state index in [-0.39, 0.29) is 65.6 Å². The van der Waals surface area contributed by atoms with Gasteiger partial charge < -0.3 is 35.2 Å². The van der Waals surface area contributed by atoms with Gasteiger partial charge >= 0.3 is 0 Å². The minimum Gasteiger partial charge on any atom is -0.379 e. The van der Waals surface area contributed by atoms with Crippen LogP contribution < -0.4 is 6.15 Å². The van der Waals surface area contributed by atoms with E-state index in [2.05, 4.69) is 43.7 Å². The van der Waals surface area contributed by atoms with Crippen LogP contribution in [0, 0.1) is 0 Å². The van der Waals surface area contributed by atoms with Crippen molar-refractivity contribution < 1.29 is 24.2 Å². The second-order valence-electron chi connectivity index (χ2n) is 5.72. The molecule has 2 saturated heterocycles. The first-order valence-electron chi connectivity index (χ1n) is 9.33. The lowest BCUT2D eigenvalue weighted by Crippen LogP contribution is -2.24. The predicted octanol–water partition coefficient (Wildman–Crippen LogP) is 7.79. The van der Waals surface area contributed by atoms with Gasteiger partial charge in [-0.05, 0) is 33.9 Å². The Kier molecular flexibility index (Phi) is 153. The molecule has 4 N–H and O–H groups in total. The molecule has 0 spiro atoms. The lowest BCUT2D eigenvalue weighted by Gasteiger charge is -2.14. The minimum atomic E-state index is 0. The summed E-state index contributed by atoms with van der Waals surface area (Å²) in [6.45, 7) is 20.4. The first kappa shape index (κ1) is 76.5. The number of hydroxylamine groups is 2. The number of ether oxygens (including phenoxy) is 4. The molecule has 0 saturated carbocycles. The highest BCUT2D eigenvalue weighted by Gasteiger charge is 2.13. The Balaban J connectivity index is -0.0000000206. The number of epoxide rings is 2. The van der Waals surface area contributed by atoms with Gasteiger partial charge in [-0.1, -0.05) is 66.3 Å². The van der Waals surface area contributed by atoms with E-state index in [4.69, 9.17) is 19.4 Å². The smallest absolute Gasteiger partial charge is 0.0781 e. The van der Waals surface area contributed by atoms with Crippen molar-refractivity contribution in [1.29, 1.82) is 0 Å². The summed E-state index contributed by atoms with van der Waals surface area (Å²) in [4.78, 5) is 2.28. The van der Waals surface area contributed by atoms with Gasteiger partial charge in [0.15, 0.2) is 0 Å². The standard InChI is InChI=1S/C10H23NO2.C3H6O.C2H7NO.C2H4O.C2H4.8CH4.H3N/c1-4-6-11(3)7-8-13-10-9-12-5-2;1-3-2-4-3;1-3(2)4;1-2-3-1;1-2;;;;;;;;;/h4-10H2,1-3H3;3H,2H2,1H3;4H,1-2H3;1-2H2;1-2H2;8*1H4;1H3. The third-order valence-corrected chi connectivity index (χ3v) is 2.50. The molecule has 0 aliphatic carbocycles. The Labute approximate surface area is 226 Å². The number of hydrogen-bond donors (Lipinski definition) is 2. The molecule has 0 bridgehead atoms. The molecule has 0 aromatic heterocycles. The van der Waals surface area contributed by atoms with E-state index in [0.29, 0.717) is 19.3 Å². The maximum Gasteiger partial charge on any atom is 0.0781 e. The highest BCUT2D eigenvalue weighted by molar-refractivity contribution is 4.58. The number of nitrogens with zero attached hydrogens (tertiary/aromatic N) is 2. The summed E-state index contributed by atoms with van der Waals surface area (Å²) in [5.41, 5.74) is 0. The topological polar surface area (TPSA) is 105 Å². The summed E-state index contributed by atoms with van der Waals surface area (Å²) in [7, 11) is 5.23. The highest BCUT2D eigenvalue weighted by Crippen LogP contribution is 2.04. The number of hydrogen-bond acceptors (Lipinski definition) is 8.